The van der Waals surface area contributed by atoms with Gasteiger partial charge in [-0.05, 0) is 30.5 Å². The Kier molecular flexibility index (Phi) is 8.07. The van der Waals surface area contributed by atoms with Crippen molar-refractivity contribution in [3.8, 4) is 0 Å². The van der Waals surface area contributed by atoms with Crippen LogP contribution in [0, 0.1) is 0 Å². The summed E-state index contributed by atoms with van der Waals surface area (Å²) in [5.41, 5.74) is 1.71. The highest BCUT2D eigenvalue weighted by Crippen LogP contribution is 2.17. The first-order chi connectivity index (χ1) is 11.6. The molecule has 0 radical (unpaired) electrons. The molecule has 2 N–H and O–H groups in total. The average Bonchev–Trinajstić information content (AvgIpc) is 2.56. The number of amides is 1. The predicted octanol–water partition coefficient (Wildman–Crippen LogP) is 2.53. The number of ether oxygens (including phenoxy) is 2. The molecule has 0 aromatic heterocycles. The molecule has 1 aromatic rings. The summed E-state index contributed by atoms with van der Waals surface area (Å²) in [6.07, 6.45) is 2.28. The third-order valence-electron chi connectivity index (χ3n) is 3.56. The third kappa shape index (κ3) is 7.33. The van der Waals surface area contributed by atoms with E-state index in [1.165, 1.54) is 11.8 Å². The van der Waals surface area contributed by atoms with Gasteiger partial charge in [0.2, 0.25) is 5.91 Å². The topological polar surface area (TPSA) is 84.9 Å². The summed E-state index contributed by atoms with van der Waals surface area (Å²) in [7, 11) is 0. The molecule has 2 rings (SSSR count). The number of nitrogens with one attached hydrogen (secondary N) is 1. The molecular formula is C17H23NO5S. The van der Waals surface area contributed by atoms with Gasteiger partial charge in [0, 0.05) is 24.7 Å². The fourth-order valence-electron chi connectivity index (χ4n) is 2.38. The van der Waals surface area contributed by atoms with Gasteiger partial charge >= 0.3 is 5.97 Å². The van der Waals surface area contributed by atoms with Crippen molar-refractivity contribution in [2.75, 3.05) is 30.9 Å². The van der Waals surface area contributed by atoms with Crippen LogP contribution in [0.2, 0.25) is 0 Å². The summed E-state index contributed by atoms with van der Waals surface area (Å²) in [5.74, 6) is -0.241. The number of carbonyl (C=O) groups excluding carboxylic acids is 1. The molecule has 1 amide bonds. The molecule has 0 unspecified atom stereocenters. The predicted molar refractivity (Wildman–Crippen MR) is 93.3 cm³/mol. The second kappa shape index (κ2) is 10.3. The molecule has 0 spiro atoms. The number of thioether (sulfide) groups is 1. The lowest BCUT2D eigenvalue weighted by Gasteiger charge is -2.22. The molecule has 1 fully saturated rings. The largest absolute Gasteiger partial charge is 0.481 e. The number of benzene rings is 1. The quantitative estimate of drug-likeness (QED) is 0.710. The van der Waals surface area contributed by atoms with Crippen LogP contribution in [0.15, 0.2) is 24.3 Å². The first kappa shape index (κ1) is 18.8. The minimum atomic E-state index is -0.825. The number of rotatable bonds is 9. The highest BCUT2D eigenvalue weighted by Gasteiger charge is 2.14. The van der Waals surface area contributed by atoms with Gasteiger partial charge in [0.1, 0.15) is 0 Å². The lowest BCUT2D eigenvalue weighted by molar-refractivity contribution is -0.133. The van der Waals surface area contributed by atoms with Crippen LogP contribution in [0.4, 0.5) is 5.69 Å². The molecule has 0 saturated carbocycles. The highest BCUT2D eigenvalue weighted by atomic mass is 32.2. The van der Waals surface area contributed by atoms with Gasteiger partial charge in [0.05, 0.1) is 24.9 Å². The van der Waals surface area contributed by atoms with Gasteiger partial charge < -0.3 is 19.9 Å². The molecule has 7 heteroatoms. The zero-order chi connectivity index (χ0) is 17.2. The molecule has 1 heterocycles. The zero-order valence-corrected chi connectivity index (χ0v) is 14.3. The summed E-state index contributed by atoms with van der Waals surface area (Å²) in [4.78, 5) is 22.5. The second-order valence-electron chi connectivity index (χ2n) is 5.57. The van der Waals surface area contributed by atoms with Gasteiger partial charge in [-0.25, -0.2) is 0 Å². The number of hydrogen-bond acceptors (Lipinski definition) is 5. The fraction of sp³-hybridized carbons (Fsp3) is 0.529. The first-order valence-electron chi connectivity index (χ1n) is 8.01. The maximum atomic E-state index is 12.0. The van der Waals surface area contributed by atoms with Crippen molar-refractivity contribution in [2.45, 2.75) is 31.1 Å². The molecule has 0 aliphatic carbocycles. The third-order valence-corrected chi connectivity index (χ3v) is 4.54. The van der Waals surface area contributed by atoms with E-state index in [0.717, 1.165) is 37.3 Å². The standard InChI is InChI=1S/C17H23NO5S/c19-16(6-9-23-15-4-7-22-8-5-15)18-14-3-1-2-13(10-14)11-24-12-17(20)21/h1-3,10,15H,4-9,11-12H2,(H,18,19)(H,20,21). The SMILES string of the molecule is O=C(O)CSCc1cccc(NC(=O)CCOC2CCOCC2)c1. The van der Waals surface area contributed by atoms with Crippen LogP contribution in [0.1, 0.15) is 24.8 Å². The number of carboxylic acid groups (broad SMARTS) is 1. The molecule has 6 nitrogen and oxygen atoms in total. The average molecular weight is 353 g/mol. The van der Waals surface area contributed by atoms with E-state index in [1.54, 1.807) is 0 Å². The Morgan fingerprint density at radius 2 is 2.12 bits per heavy atom. The van der Waals surface area contributed by atoms with Gasteiger partial charge in [-0.2, -0.15) is 0 Å². The minimum absolute atomic E-state index is 0.0696. The number of aliphatic carboxylic acids is 1. The van der Waals surface area contributed by atoms with Crippen molar-refractivity contribution in [3.63, 3.8) is 0 Å². The Hall–Kier alpha value is -1.57. The van der Waals surface area contributed by atoms with Crippen molar-refractivity contribution < 1.29 is 24.2 Å². The van der Waals surface area contributed by atoms with Gasteiger partial charge in [-0.15, -0.1) is 11.8 Å². The molecule has 0 atom stereocenters. The van der Waals surface area contributed by atoms with Crippen molar-refractivity contribution in [1.82, 2.24) is 0 Å². The van der Waals surface area contributed by atoms with E-state index in [9.17, 15) is 9.59 Å². The maximum absolute atomic E-state index is 12.0. The summed E-state index contributed by atoms with van der Waals surface area (Å²) in [6.45, 7) is 1.86. The van der Waals surface area contributed by atoms with Crippen LogP contribution in [0.3, 0.4) is 0 Å². The molecule has 132 valence electrons. The summed E-state index contributed by atoms with van der Waals surface area (Å²) >= 11 is 1.33. The van der Waals surface area contributed by atoms with Crippen LogP contribution in [-0.4, -0.2) is 48.7 Å². The Morgan fingerprint density at radius 3 is 2.88 bits per heavy atom. The Labute approximate surface area is 145 Å². The minimum Gasteiger partial charge on any atom is -0.481 e. The summed E-state index contributed by atoms with van der Waals surface area (Å²) < 4.78 is 11.0. The van der Waals surface area contributed by atoms with Crippen LogP contribution in [0.25, 0.3) is 0 Å². The van der Waals surface area contributed by atoms with E-state index < -0.39 is 5.97 Å². The van der Waals surface area contributed by atoms with Crippen molar-refractivity contribution >= 4 is 29.3 Å². The van der Waals surface area contributed by atoms with Crippen LogP contribution in [0.5, 0.6) is 0 Å². The van der Waals surface area contributed by atoms with E-state index in [-0.39, 0.29) is 17.8 Å². The zero-order valence-electron chi connectivity index (χ0n) is 13.5. The number of carboxylic acids is 1. The monoisotopic (exact) mass is 353 g/mol. The Balaban J connectivity index is 1.69. The van der Waals surface area contributed by atoms with E-state index in [2.05, 4.69) is 5.32 Å². The molecule has 1 saturated heterocycles. The smallest absolute Gasteiger partial charge is 0.313 e. The van der Waals surface area contributed by atoms with E-state index in [1.807, 2.05) is 24.3 Å². The number of anilines is 1. The van der Waals surface area contributed by atoms with E-state index in [4.69, 9.17) is 14.6 Å². The van der Waals surface area contributed by atoms with Crippen molar-refractivity contribution in [3.05, 3.63) is 29.8 Å². The number of carbonyl (C=O) groups is 2. The molecule has 1 aromatic carbocycles. The van der Waals surface area contributed by atoms with Crippen LogP contribution >= 0.6 is 11.8 Å². The van der Waals surface area contributed by atoms with Gasteiger partial charge in [-0.1, -0.05) is 12.1 Å². The van der Waals surface area contributed by atoms with Gasteiger partial charge in [0.15, 0.2) is 0 Å². The number of hydrogen-bond donors (Lipinski definition) is 2. The Morgan fingerprint density at radius 1 is 1.33 bits per heavy atom. The molecular weight excluding hydrogens is 330 g/mol. The van der Waals surface area contributed by atoms with Gasteiger partial charge in [-0.3, -0.25) is 9.59 Å². The van der Waals surface area contributed by atoms with E-state index in [0.29, 0.717) is 18.8 Å². The second-order valence-corrected chi connectivity index (χ2v) is 6.55. The fourth-order valence-corrected chi connectivity index (χ4v) is 3.07. The molecule has 0 bridgehead atoms. The summed E-state index contributed by atoms with van der Waals surface area (Å²) in [6, 6.07) is 7.46. The van der Waals surface area contributed by atoms with Crippen molar-refractivity contribution in [2.24, 2.45) is 0 Å². The first-order valence-corrected chi connectivity index (χ1v) is 9.16. The van der Waals surface area contributed by atoms with E-state index >= 15 is 0 Å². The lowest BCUT2D eigenvalue weighted by atomic mass is 10.1. The Bertz CT molecular complexity index is 546. The van der Waals surface area contributed by atoms with Crippen LogP contribution < -0.4 is 5.32 Å². The summed E-state index contributed by atoms with van der Waals surface area (Å²) in [5, 5.41) is 11.5. The molecule has 1 aliphatic rings. The normalized spacial score (nSPS) is 15.2. The maximum Gasteiger partial charge on any atom is 0.313 e. The highest BCUT2D eigenvalue weighted by molar-refractivity contribution is 7.99. The van der Waals surface area contributed by atoms with Crippen molar-refractivity contribution in [1.29, 1.82) is 0 Å². The lowest BCUT2D eigenvalue weighted by Crippen LogP contribution is -2.25. The van der Waals surface area contributed by atoms with Crippen LogP contribution in [-0.2, 0) is 24.8 Å². The van der Waals surface area contributed by atoms with Gasteiger partial charge in [0.25, 0.3) is 0 Å². The molecule has 24 heavy (non-hydrogen) atoms. The molecule has 1 aliphatic heterocycles.